The van der Waals surface area contributed by atoms with Crippen LogP contribution < -0.4 is 5.32 Å². The van der Waals surface area contributed by atoms with Crippen molar-refractivity contribution in [3.05, 3.63) is 59.7 Å². The van der Waals surface area contributed by atoms with Crippen LogP contribution >= 0.6 is 0 Å². The lowest BCUT2D eigenvalue weighted by atomic mass is 10.1. The first-order chi connectivity index (χ1) is 11.2. The molecule has 1 atom stereocenters. The van der Waals surface area contributed by atoms with Crippen molar-refractivity contribution in [1.82, 2.24) is 5.32 Å². The summed E-state index contributed by atoms with van der Waals surface area (Å²) in [6.07, 6.45) is 1.64. The molecule has 5 nitrogen and oxygen atoms in total. The standard InChI is InChI=1S/C18H19NO4/c1-3-21-18(20)17-14(13-7-4-5-8-16(13)23-17)11-19-12(2)15-9-6-10-22-15/h4-10,12,19H,3,11H2,1-2H3/t12-/m1/s1. The Morgan fingerprint density at radius 2 is 2.09 bits per heavy atom. The molecule has 0 saturated heterocycles. The Labute approximate surface area is 134 Å². The Morgan fingerprint density at radius 1 is 1.26 bits per heavy atom. The van der Waals surface area contributed by atoms with Gasteiger partial charge in [0.05, 0.1) is 18.9 Å². The summed E-state index contributed by atoms with van der Waals surface area (Å²) in [6.45, 7) is 4.57. The molecule has 0 bridgehead atoms. The Balaban J connectivity index is 1.88. The molecule has 0 aliphatic heterocycles. The van der Waals surface area contributed by atoms with Crippen molar-refractivity contribution in [2.45, 2.75) is 26.4 Å². The highest BCUT2D eigenvalue weighted by atomic mass is 16.5. The third-order valence-corrected chi connectivity index (χ3v) is 3.71. The topological polar surface area (TPSA) is 64.6 Å². The minimum atomic E-state index is -0.439. The van der Waals surface area contributed by atoms with Gasteiger partial charge in [-0.2, -0.15) is 0 Å². The third kappa shape index (κ3) is 3.14. The minimum Gasteiger partial charge on any atom is -0.468 e. The van der Waals surface area contributed by atoms with Gasteiger partial charge in [-0.15, -0.1) is 0 Å². The van der Waals surface area contributed by atoms with Crippen molar-refractivity contribution in [3.8, 4) is 0 Å². The second kappa shape index (κ2) is 6.71. The molecule has 0 aliphatic carbocycles. The maximum absolute atomic E-state index is 12.1. The molecule has 2 heterocycles. The van der Waals surface area contributed by atoms with Crippen molar-refractivity contribution >= 4 is 16.9 Å². The normalized spacial score (nSPS) is 12.4. The molecule has 0 saturated carbocycles. The lowest BCUT2D eigenvalue weighted by molar-refractivity contribution is 0.0490. The van der Waals surface area contributed by atoms with Crippen LogP contribution in [0.2, 0.25) is 0 Å². The number of rotatable bonds is 6. The number of esters is 1. The highest BCUT2D eigenvalue weighted by Gasteiger charge is 2.22. The van der Waals surface area contributed by atoms with Gasteiger partial charge >= 0.3 is 5.97 Å². The van der Waals surface area contributed by atoms with Crippen LogP contribution in [0.25, 0.3) is 11.0 Å². The smallest absolute Gasteiger partial charge is 0.374 e. The number of para-hydroxylation sites is 1. The molecule has 0 unspecified atom stereocenters. The Bertz CT molecular complexity index is 789. The fourth-order valence-corrected chi connectivity index (χ4v) is 2.53. The van der Waals surface area contributed by atoms with Crippen molar-refractivity contribution in [1.29, 1.82) is 0 Å². The van der Waals surface area contributed by atoms with E-state index in [1.807, 2.05) is 43.3 Å². The van der Waals surface area contributed by atoms with Gasteiger partial charge in [0.25, 0.3) is 0 Å². The van der Waals surface area contributed by atoms with Gasteiger partial charge in [0.2, 0.25) is 5.76 Å². The molecule has 23 heavy (non-hydrogen) atoms. The summed E-state index contributed by atoms with van der Waals surface area (Å²) in [6, 6.07) is 11.4. The Kier molecular flexibility index (Phi) is 4.48. The van der Waals surface area contributed by atoms with Crippen molar-refractivity contribution < 1.29 is 18.4 Å². The highest BCUT2D eigenvalue weighted by Crippen LogP contribution is 2.27. The number of fused-ring (bicyclic) bond motifs is 1. The highest BCUT2D eigenvalue weighted by molar-refractivity contribution is 5.96. The molecule has 1 aromatic carbocycles. The van der Waals surface area contributed by atoms with Gasteiger partial charge in [-0.3, -0.25) is 0 Å². The first-order valence-corrected chi connectivity index (χ1v) is 7.65. The summed E-state index contributed by atoms with van der Waals surface area (Å²) in [4.78, 5) is 12.1. The maximum Gasteiger partial charge on any atom is 0.374 e. The van der Waals surface area contributed by atoms with E-state index in [1.54, 1.807) is 13.2 Å². The molecule has 3 rings (SSSR count). The van der Waals surface area contributed by atoms with Gasteiger partial charge in [-0.1, -0.05) is 18.2 Å². The van der Waals surface area contributed by atoms with Crippen LogP contribution in [0, 0.1) is 0 Å². The van der Waals surface area contributed by atoms with Crippen LogP contribution in [-0.2, 0) is 11.3 Å². The van der Waals surface area contributed by atoms with E-state index in [2.05, 4.69) is 5.32 Å². The van der Waals surface area contributed by atoms with E-state index in [0.29, 0.717) is 18.7 Å². The van der Waals surface area contributed by atoms with Gasteiger partial charge in [-0.25, -0.2) is 4.79 Å². The predicted molar refractivity (Wildman–Crippen MR) is 86.1 cm³/mol. The van der Waals surface area contributed by atoms with Crippen molar-refractivity contribution in [2.24, 2.45) is 0 Å². The molecular formula is C18H19NO4. The number of hydrogen-bond donors (Lipinski definition) is 1. The molecule has 0 fully saturated rings. The average molecular weight is 313 g/mol. The number of nitrogens with one attached hydrogen (secondary N) is 1. The van der Waals surface area contributed by atoms with Crippen LogP contribution in [0.1, 0.15) is 41.8 Å². The summed E-state index contributed by atoms with van der Waals surface area (Å²) in [5, 5.41) is 4.27. The zero-order valence-electron chi connectivity index (χ0n) is 13.2. The van der Waals surface area contributed by atoms with Crippen LogP contribution in [0.4, 0.5) is 0 Å². The van der Waals surface area contributed by atoms with E-state index >= 15 is 0 Å². The molecule has 1 N–H and O–H groups in total. The SMILES string of the molecule is CCOC(=O)c1oc2ccccc2c1CN[C@H](C)c1ccco1. The quantitative estimate of drug-likeness (QED) is 0.695. The second-order valence-corrected chi connectivity index (χ2v) is 5.24. The van der Waals surface area contributed by atoms with E-state index in [0.717, 1.165) is 16.7 Å². The second-order valence-electron chi connectivity index (χ2n) is 5.24. The summed E-state index contributed by atoms with van der Waals surface area (Å²) >= 11 is 0. The van der Waals surface area contributed by atoms with Gasteiger partial charge in [0, 0.05) is 17.5 Å². The third-order valence-electron chi connectivity index (χ3n) is 3.71. The average Bonchev–Trinajstić information content (AvgIpc) is 3.20. The molecule has 3 aromatic rings. The summed E-state index contributed by atoms with van der Waals surface area (Å²) in [7, 11) is 0. The summed E-state index contributed by atoms with van der Waals surface area (Å²) in [5.41, 5.74) is 1.48. The Hall–Kier alpha value is -2.53. The van der Waals surface area contributed by atoms with Crippen molar-refractivity contribution in [2.75, 3.05) is 6.61 Å². The van der Waals surface area contributed by atoms with E-state index in [-0.39, 0.29) is 11.8 Å². The van der Waals surface area contributed by atoms with Gasteiger partial charge < -0.3 is 18.9 Å². The number of carbonyl (C=O) groups excluding carboxylic acids is 1. The van der Waals surface area contributed by atoms with Gasteiger partial charge in [0.1, 0.15) is 11.3 Å². The molecule has 0 radical (unpaired) electrons. The predicted octanol–water partition coefficient (Wildman–Crippen LogP) is 4.05. The van der Waals surface area contributed by atoms with E-state index in [9.17, 15) is 4.79 Å². The lowest BCUT2D eigenvalue weighted by Crippen LogP contribution is -2.19. The van der Waals surface area contributed by atoms with E-state index in [1.165, 1.54) is 0 Å². The molecule has 2 aromatic heterocycles. The molecular weight excluding hydrogens is 294 g/mol. The van der Waals surface area contributed by atoms with Gasteiger partial charge in [0.15, 0.2) is 0 Å². The first kappa shape index (κ1) is 15.4. The molecule has 0 spiro atoms. The fourth-order valence-electron chi connectivity index (χ4n) is 2.53. The molecule has 5 heteroatoms. The summed E-state index contributed by atoms with van der Waals surface area (Å²) < 4.78 is 16.2. The number of ether oxygens (including phenoxy) is 1. The number of furan rings is 2. The first-order valence-electron chi connectivity index (χ1n) is 7.65. The zero-order valence-corrected chi connectivity index (χ0v) is 13.2. The molecule has 0 amide bonds. The zero-order chi connectivity index (χ0) is 16.2. The molecule has 120 valence electrons. The minimum absolute atomic E-state index is 0.0220. The van der Waals surface area contributed by atoms with Crippen molar-refractivity contribution in [3.63, 3.8) is 0 Å². The summed E-state index contributed by atoms with van der Waals surface area (Å²) in [5.74, 6) is 0.661. The van der Waals surface area contributed by atoms with E-state index < -0.39 is 5.97 Å². The van der Waals surface area contributed by atoms with Crippen LogP contribution in [0.5, 0.6) is 0 Å². The van der Waals surface area contributed by atoms with E-state index in [4.69, 9.17) is 13.6 Å². The Morgan fingerprint density at radius 3 is 2.83 bits per heavy atom. The fraction of sp³-hybridized carbons (Fsp3) is 0.278. The van der Waals surface area contributed by atoms with Crippen LogP contribution in [-0.4, -0.2) is 12.6 Å². The monoisotopic (exact) mass is 313 g/mol. The number of benzene rings is 1. The number of hydrogen-bond acceptors (Lipinski definition) is 5. The lowest BCUT2D eigenvalue weighted by Gasteiger charge is -2.11. The van der Waals surface area contributed by atoms with Crippen LogP contribution in [0.3, 0.4) is 0 Å². The van der Waals surface area contributed by atoms with Crippen LogP contribution in [0.15, 0.2) is 51.5 Å². The van der Waals surface area contributed by atoms with Gasteiger partial charge in [-0.05, 0) is 32.0 Å². The molecule has 0 aliphatic rings. The largest absolute Gasteiger partial charge is 0.468 e. The number of carbonyl (C=O) groups is 1. The maximum atomic E-state index is 12.1.